The van der Waals surface area contributed by atoms with Crippen molar-refractivity contribution in [2.75, 3.05) is 0 Å². The Labute approximate surface area is 180 Å². The van der Waals surface area contributed by atoms with Crippen LogP contribution in [0.3, 0.4) is 0 Å². The predicted octanol–water partition coefficient (Wildman–Crippen LogP) is 3.25. The summed E-state index contributed by atoms with van der Waals surface area (Å²) in [5.74, 6) is -2.06. The third-order valence-corrected chi connectivity index (χ3v) is 4.85. The predicted molar refractivity (Wildman–Crippen MR) is 107 cm³/mol. The van der Waals surface area contributed by atoms with Gasteiger partial charge in [0.15, 0.2) is 0 Å². The number of nitro benzene ring substituents is 2. The van der Waals surface area contributed by atoms with E-state index in [1.54, 1.807) is 0 Å². The van der Waals surface area contributed by atoms with Crippen molar-refractivity contribution in [3.05, 3.63) is 78.8 Å². The van der Waals surface area contributed by atoms with E-state index in [9.17, 15) is 34.6 Å². The van der Waals surface area contributed by atoms with Crippen molar-refractivity contribution in [1.29, 1.82) is 0 Å². The first-order valence-corrected chi connectivity index (χ1v) is 9.41. The molecule has 0 spiro atoms. The van der Waals surface area contributed by atoms with Crippen LogP contribution in [0, 0.1) is 20.2 Å². The van der Waals surface area contributed by atoms with Gasteiger partial charge in [0, 0.05) is 41.6 Å². The van der Waals surface area contributed by atoms with Crippen LogP contribution in [0.25, 0.3) is 0 Å². The number of carbonyl (C=O) groups excluding carboxylic acids is 3. The molecule has 1 heterocycles. The minimum atomic E-state index is -0.817. The van der Waals surface area contributed by atoms with Crippen LogP contribution >= 0.6 is 11.6 Å². The van der Waals surface area contributed by atoms with Gasteiger partial charge in [0.2, 0.25) is 11.8 Å². The molecular weight excluding hydrogens is 432 g/mol. The largest absolute Gasteiger partial charge is 0.275 e. The number of benzene rings is 2. The maximum absolute atomic E-state index is 13.2. The molecule has 1 aliphatic rings. The Morgan fingerprint density at radius 3 is 2.16 bits per heavy atom. The Bertz CT molecular complexity index is 1070. The topological polar surface area (TPSA) is 144 Å². The molecule has 0 bridgehead atoms. The second-order valence-corrected chi connectivity index (χ2v) is 7.09. The molecule has 1 saturated heterocycles. The van der Waals surface area contributed by atoms with Crippen LogP contribution in [0.4, 0.5) is 11.4 Å². The molecule has 2 aromatic carbocycles. The van der Waals surface area contributed by atoms with E-state index in [1.807, 2.05) is 0 Å². The zero-order chi connectivity index (χ0) is 22.7. The number of amides is 3. The van der Waals surface area contributed by atoms with Crippen LogP contribution in [0.5, 0.6) is 0 Å². The van der Waals surface area contributed by atoms with E-state index in [4.69, 9.17) is 11.6 Å². The molecule has 0 aromatic heterocycles. The van der Waals surface area contributed by atoms with Crippen LogP contribution in [0.2, 0.25) is 5.02 Å². The number of non-ortho nitro benzene ring substituents is 1. The first-order chi connectivity index (χ1) is 14.7. The number of piperidine rings is 1. The number of hydrogen-bond acceptors (Lipinski definition) is 7. The number of hydrazine groups is 1. The van der Waals surface area contributed by atoms with E-state index < -0.39 is 34.1 Å². The summed E-state index contributed by atoms with van der Waals surface area (Å²) in [6.45, 7) is -0.458. The van der Waals surface area contributed by atoms with Gasteiger partial charge in [0.25, 0.3) is 17.3 Å². The quantitative estimate of drug-likeness (QED) is 0.376. The molecule has 3 rings (SSSR count). The molecule has 2 aromatic rings. The Morgan fingerprint density at radius 2 is 1.61 bits per heavy atom. The number of imide groups is 1. The van der Waals surface area contributed by atoms with E-state index in [0.717, 1.165) is 23.2 Å². The molecule has 31 heavy (non-hydrogen) atoms. The maximum Gasteiger partial charge on any atom is 0.275 e. The minimum Gasteiger partial charge on any atom is -0.273 e. The van der Waals surface area contributed by atoms with E-state index in [0.29, 0.717) is 11.4 Å². The van der Waals surface area contributed by atoms with Gasteiger partial charge in [-0.15, -0.1) is 0 Å². The molecular formula is C19H15ClN4O7. The molecule has 12 heteroatoms. The summed E-state index contributed by atoms with van der Waals surface area (Å²) < 4.78 is 0. The Hall–Kier alpha value is -3.86. The summed E-state index contributed by atoms with van der Waals surface area (Å²) in [5, 5.41) is 23.9. The second-order valence-electron chi connectivity index (χ2n) is 6.65. The smallest absolute Gasteiger partial charge is 0.273 e. The fourth-order valence-electron chi connectivity index (χ4n) is 3.12. The number of halogens is 1. The van der Waals surface area contributed by atoms with Gasteiger partial charge in [-0.3, -0.25) is 34.6 Å². The zero-order valence-corrected chi connectivity index (χ0v) is 16.7. The molecule has 1 aliphatic heterocycles. The molecule has 0 unspecified atom stereocenters. The van der Waals surface area contributed by atoms with Crippen LogP contribution in [-0.4, -0.2) is 37.6 Å². The lowest BCUT2D eigenvalue weighted by Crippen LogP contribution is -2.54. The van der Waals surface area contributed by atoms with Crippen molar-refractivity contribution < 1.29 is 24.2 Å². The number of carbonyl (C=O) groups is 3. The SMILES string of the molecule is O=C(c1ccc([N+](=O)[O-])cc1)N(Cc1ccc(Cl)cc1[N+](=O)[O-])N1C(=O)CCCC1=O. The fourth-order valence-corrected chi connectivity index (χ4v) is 3.29. The van der Waals surface area contributed by atoms with Gasteiger partial charge in [-0.2, -0.15) is 5.01 Å². The van der Waals surface area contributed by atoms with Gasteiger partial charge in [0.1, 0.15) is 0 Å². The summed E-state index contributed by atoms with van der Waals surface area (Å²) in [6, 6.07) is 8.40. The lowest BCUT2D eigenvalue weighted by atomic mass is 10.1. The van der Waals surface area contributed by atoms with Crippen molar-refractivity contribution in [3.63, 3.8) is 0 Å². The van der Waals surface area contributed by atoms with Crippen molar-refractivity contribution in [2.24, 2.45) is 0 Å². The van der Waals surface area contributed by atoms with E-state index in [2.05, 4.69) is 0 Å². The van der Waals surface area contributed by atoms with E-state index >= 15 is 0 Å². The van der Waals surface area contributed by atoms with Gasteiger partial charge in [-0.25, -0.2) is 5.01 Å². The molecule has 0 aliphatic carbocycles. The number of rotatable bonds is 6. The summed E-state index contributed by atoms with van der Waals surface area (Å²) in [7, 11) is 0. The second kappa shape index (κ2) is 8.88. The average molecular weight is 447 g/mol. The average Bonchev–Trinajstić information content (AvgIpc) is 2.73. The van der Waals surface area contributed by atoms with Gasteiger partial charge < -0.3 is 0 Å². The highest BCUT2D eigenvalue weighted by atomic mass is 35.5. The lowest BCUT2D eigenvalue weighted by molar-refractivity contribution is -0.385. The van der Waals surface area contributed by atoms with Crippen molar-refractivity contribution in [1.82, 2.24) is 10.0 Å². The van der Waals surface area contributed by atoms with Crippen LogP contribution < -0.4 is 0 Å². The monoisotopic (exact) mass is 446 g/mol. The molecule has 0 saturated carbocycles. The van der Waals surface area contributed by atoms with Gasteiger partial charge in [0.05, 0.1) is 22.0 Å². The lowest BCUT2D eigenvalue weighted by Gasteiger charge is -2.35. The first-order valence-electron chi connectivity index (χ1n) is 9.04. The zero-order valence-electron chi connectivity index (χ0n) is 15.9. The third-order valence-electron chi connectivity index (χ3n) is 4.62. The number of nitrogens with zero attached hydrogens (tertiary/aromatic N) is 4. The summed E-state index contributed by atoms with van der Waals surface area (Å²) in [6.07, 6.45) is 0.381. The van der Waals surface area contributed by atoms with Crippen molar-refractivity contribution in [3.8, 4) is 0 Å². The van der Waals surface area contributed by atoms with Crippen LogP contribution in [-0.2, 0) is 16.1 Å². The molecule has 1 fully saturated rings. The Kier molecular flexibility index (Phi) is 6.25. The molecule has 0 atom stereocenters. The van der Waals surface area contributed by atoms with E-state index in [1.165, 1.54) is 24.3 Å². The van der Waals surface area contributed by atoms with Crippen molar-refractivity contribution in [2.45, 2.75) is 25.8 Å². The minimum absolute atomic E-state index is 0.0263. The summed E-state index contributed by atoms with van der Waals surface area (Å²) >= 11 is 5.83. The Morgan fingerprint density at radius 1 is 1.00 bits per heavy atom. The van der Waals surface area contributed by atoms with Gasteiger partial charge >= 0.3 is 0 Å². The molecule has 11 nitrogen and oxygen atoms in total. The Balaban J connectivity index is 2.04. The fraction of sp³-hybridized carbons (Fsp3) is 0.211. The van der Waals surface area contributed by atoms with Crippen LogP contribution in [0.1, 0.15) is 35.2 Å². The van der Waals surface area contributed by atoms with Crippen LogP contribution in [0.15, 0.2) is 42.5 Å². The highest BCUT2D eigenvalue weighted by molar-refractivity contribution is 6.30. The van der Waals surface area contributed by atoms with Crippen molar-refractivity contribution >= 4 is 40.7 Å². The molecule has 0 N–H and O–H groups in total. The third kappa shape index (κ3) is 4.67. The van der Waals surface area contributed by atoms with Gasteiger partial charge in [-0.05, 0) is 30.7 Å². The normalized spacial score (nSPS) is 13.8. The number of hydrogen-bond donors (Lipinski definition) is 0. The molecule has 0 radical (unpaired) electrons. The van der Waals surface area contributed by atoms with Gasteiger partial charge in [-0.1, -0.05) is 11.6 Å². The first kappa shape index (κ1) is 21.8. The summed E-state index contributed by atoms with van der Waals surface area (Å²) in [5.41, 5.74) is -0.614. The standard InChI is InChI=1S/C19H15ClN4O7/c20-14-7-4-13(16(10-14)24(30)31)11-21(22-17(25)2-1-3-18(22)26)19(27)12-5-8-15(9-6-12)23(28)29/h4-10H,1-3,11H2. The molecule has 3 amide bonds. The summed E-state index contributed by atoms with van der Waals surface area (Å²) in [4.78, 5) is 59.1. The van der Waals surface area contributed by atoms with E-state index in [-0.39, 0.29) is 40.4 Å². The highest BCUT2D eigenvalue weighted by Gasteiger charge is 2.36. The molecule has 160 valence electrons. The number of nitro groups is 2. The maximum atomic E-state index is 13.2. The highest BCUT2D eigenvalue weighted by Crippen LogP contribution is 2.27.